The van der Waals surface area contributed by atoms with Crippen LogP contribution in [-0.2, 0) is 17.7 Å². The van der Waals surface area contributed by atoms with Crippen LogP contribution in [0.15, 0.2) is 24.3 Å². The molecular weight excluding hydrogens is 350 g/mol. The molecule has 1 atom stereocenters. The second-order valence-corrected chi connectivity index (χ2v) is 7.61. The van der Waals surface area contributed by atoms with Crippen LogP contribution in [0, 0.1) is 11.3 Å². The molecule has 5 nitrogen and oxygen atoms in total. The fourth-order valence-corrected chi connectivity index (χ4v) is 4.20. The molecule has 0 saturated carbocycles. The van der Waals surface area contributed by atoms with Crippen LogP contribution in [0.3, 0.4) is 0 Å². The van der Waals surface area contributed by atoms with Crippen molar-refractivity contribution in [2.24, 2.45) is 0 Å². The zero-order chi connectivity index (χ0) is 19.9. The maximum atomic E-state index is 12.5. The number of amides is 1. The van der Waals surface area contributed by atoms with Crippen LogP contribution in [0.2, 0.25) is 0 Å². The van der Waals surface area contributed by atoms with E-state index in [9.17, 15) is 10.1 Å². The van der Waals surface area contributed by atoms with Crippen molar-refractivity contribution in [3.05, 3.63) is 35.5 Å². The van der Waals surface area contributed by atoms with Gasteiger partial charge in [0.25, 0.3) is 0 Å². The largest absolute Gasteiger partial charge is 0.449 e. The maximum absolute atomic E-state index is 12.5. The van der Waals surface area contributed by atoms with Gasteiger partial charge in [-0.3, -0.25) is 0 Å². The van der Waals surface area contributed by atoms with Gasteiger partial charge in [0.15, 0.2) is 0 Å². The summed E-state index contributed by atoms with van der Waals surface area (Å²) < 4.78 is 7.77. The second-order valence-electron chi connectivity index (χ2n) is 7.61. The first-order chi connectivity index (χ1) is 13.7. The number of rotatable bonds is 7. The average molecular weight is 382 g/mol. The van der Waals surface area contributed by atoms with Gasteiger partial charge in [0.05, 0.1) is 18.2 Å². The number of nitriles is 1. The van der Waals surface area contributed by atoms with Crippen molar-refractivity contribution in [2.45, 2.75) is 71.4 Å². The molecular formula is C23H31N3O2. The van der Waals surface area contributed by atoms with Gasteiger partial charge in [-0.2, -0.15) is 5.26 Å². The van der Waals surface area contributed by atoms with Crippen molar-refractivity contribution >= 4 is 17.0 Å². The fourth-order valence-electron chi connectivity index (χ4n) is 4.20. The summed E-state index contributed by atoms with van der Waals surface area (Å²) in [6, 6.07) is 10.6. The molecule has 5 heteroatoms. The van der Waals surface area contributed by atoms with E-state index in [2.05, 4.69) is 30.6 Å². The molecule has 1 saturated heterocycles. The van der Waals surface area contributed by atoms with E-state index in [1.807, 2.05) is 23.1 Å². The second kappa shape index (κ2) is 9.64. The van der Waals surface area contributed by atoms with Gasteiger partial charge >= 0.3 is 6.09 Å². The van der Waals surface area contributed by atoms with Crippen molar-refractivity contribution < 1.29 is 9.53 Å². The van der Waals surface area contributed by atoms with Gasteiger partial charge in [-0.25, -0.2) is 4.79 Å². The SMILES string of the molecule is CCCCOC(=O)N1CCCC[C@H]1CCc1cc2ccc(C#N)cc2n1CC. The van der Waals surface area contributed by atoms with E-state index in [-0.39, 0.29) is 12.1 Å². The summed E-state index contributed by atoms with van der Waals surface area (Å²) in [5, 5.41) is 10.4. The fraction of sp³-hybridized carbons (Fsp3) is 0.565. The van der Waals surface area contributed by atoms with E-state index >= 15 is 0 Å². The van der Waals surface area contributed by atoms with E-state index in [0.717, 1.165) is 57.1 Å². The Morgan fingerprint density at radius 3 is 2.89 bits per heavy atom. The lowest BCUT2D eigenvalue weighted by molar-refractivity contribution is 0.0700. The van der Waals surface area contributed by atoms with Crippen molar-refractivity contribution in [3.63, 3.8) is 0 Å². The number of piperidine rings is 1. The molecule has 0 N–H and O–H groups in total. The van der Waals surface area contributed by atoms with Gasteiger partial charge in [0.1, 0.15) is 0 Å². The summed E-state index contributed by atoms with van der Waals surface area (Å²) in [5.41, 5.74) is 3.09. The molecule has 1 fully saturated rings. The first kappa shape index (κ1) is 20.3. The molecule has 1 aliphatic rings. The summed E-state index contributed by atoms with van der Waals surface area (Å²) in [6.07, 6.45) is 6.97. The molecule has 1 amide bonds. The lowest BCUT2D eigenvalue weighted by Gasteiger charge is -2.35. The first-order valence-electron chi connectivity index (χ1n) is 10.6. The maximum Gasteiger partial charge on any atom is 0.410 e. The van der Waals surface area contributed by atoms with Crippen LogP contribution in [0.4, 0.5) is 4.79 Å². The molecule has 3 rings (SSSR count). The number of unbranched alkanes of at least 4 members (excludes halogenated alkanes) is 1. The minimum absolute atomic E-state index is 0.146. The van der Waals surface area contributed by atoms with E-state index in [4.69, 9.17) is 4.74 Å². The summed E-state index contributed by atoms with van der Waals surface area (Å²) in [7, 11) is 0. The molecule has 0 spiro atoms. The standard InChI is InChI=1S/C23H31N3O2/c1-3-5-14-28-23(27)26-13-7-6-8-20(26)11-12-21-16-19-10-9-18(17-24)15-22(19)25(21)4-2/h9-10,15-16,20H,3-8,11-14H2,1-2H3/t20-/m0/s1. The van der Waals surface area contributed by atoms with Gasteiger partial charge in [0.2, 0.25) is 0 Å². The van der Waals surface area contributed by atoms with Crippen LogP contribution in [0.1, 0.15) is 63.6 Å². The Morgan fingerprint density at radius 2 is 2.14 bits per heavy atom. The highest BCUT2D eigenvalue weighted by molar-refractivity contribution is 5.82. The minimum atomic E-state index is -0.146. The molecule has 0 bridgehead atoms. The topological polar surface area (TPSA) is 58.3 Å². The van der Waals surface area contributed by atoms with Crippen molar-refractivity contribution in [1.29, 1.82) is 5.26 Å². The lowest BCUT2D eigenvalue weighted by atomic mass is 9.97. The predicted octanol–water partition coefficient (Wildman–Crippen LogP) is 5.26. The summed E-state index contributed by atoms with van der Waals surface area (Å²) in [6.45, 7) is 6.44. The Labute approximate surface area is 167 Å². The van der Waals surface area contributed by atoms with Crippen molar-refractivity contribution in [3.8, 4) is 6.07 Å². The first-order valence-corrected chi connectivity index (χ1v) is 10.6. The highest BCUT2D eigenvalue weighted by atomic mass is 16.6. The molecule has 2 heterocycles. The van der Waals surface area contributed by atoms with E-state index in [1.165, 1.54) is 17.5 Å². The Balaban J connectivity index is 1.71. The van der Waals surface area contributed by atoms with Crippen LogP contribution < -0.4 is 0 Å². The number of hydrogen-bond acceptors (Lipinski definition) is 3. The number of ether oxygens (including phenoxy) is 1. The molecule has 150 valence electrons. The molecule has 1 aliphatic heterocycles. The Morgan fingerprint density at radius 1 is 1.29 bits per heavy atom. The smallest absolute Gasteiger partial charge is 0.410 e. The molecule has 1 aromatic carbocycles. The third kappa shape index (κ3) is 4.49. The highest BCUT2D eigenvalue weighted by Crippen LogP contribution is 2.26. The zero-order valence-corrected chi connectivity index (χ0v) is 17.1. The Kier molecular flexibility index (Phi) is 6.97. The number of benzene rings is 1. The van der Waals surface area contributed by atoms with E-state index in [0.29, 0.717) is 12.2 Å². The zero-order valence-electron chi connectivity index (χ0n) is 17.1. The predicted molar refractivity (Wildman–Crippen MR) is 111 cm³/mol. The van der Waals surface area contributed by atoms with Crippen molar-refractivity contribution in [2.75, 3.05) is 13.2 Å². The minimum Gasteiger partial charge on any atom is -0.449 e. The molecule has 0 radical (unpaired) electrons. The molecule has 1 aromatic heterocycles. The van der Waals surface area contributed by atoms with E-state index < -0.39 is 0 Å². The van der Waals surface area contributed by atoms with Gasteiger partial charge in [-0.15, -0.1) is 0 Å². The Bertz CT molecular complexity index is 849. The summed E-state index contributed by atoms with van der Waals surface area (Å²) in [4.78, 5) is 14.4. The van der Waals surface area contributed by atoms with E-state index in [1.54, 1.807) is 0 Å². The van der Waals surface area contributed by atoms with Gasteiger partial charge in [0, 0.05) is 30.3 Å². The number of carbonyl (C=O) groups excluding carboxylic acids is 1. The van der Waals surface area contributed by atoms with Crippen molar-refractivity contribution in [1.82, 2.24) is 9.47 Å². The quantitative estimate of drug-likeness (QED) is 0.615. The molecule has 0 aliphatic carbocycles. The van der Waals surface area contributed by atoms with Crippen LogP contribution in [0.5, 0.6) is 0 Å². The normalized spacial score (nSPS) is 16.9. The third-order valence-electron chi connectivity index (χ3n) is 5.75. The van der Waals surface area contributed by atoms with Gasteiger partial charge in [-0.1, -0.05) is 19.4 Å². The number of aryl methyl sites for hydroxylation is 2. The Hall–Kier alpha value is -2.48. The number of hydrogen-bond donors (Lipinski definition) is 0. The van der Waals surface area contributed by atoms with Crippen LogP contribution >= 0.6 is 0 Å². The molecule has 28 heavy (non-hydrogen) atoms. The number of aromatic nitrogens is 1. The lowest BCUT2D eigenvalue weighted by Crippen LogP contribution is -2.44. The number of carbonyl (C=O) groups is 1. The third-order valence-corrected chi connectivity index (χ3v) is 5.75. The van der Waals surface area contributed by atoms with Crippen LogP contribution in [0.25, 0.3) is 10.9 Å². The number of fused-ring (bicyclic) bond motifs is 1. The molecule has 0 unspecified atom stereocenters. The van der Waals surface area contributed by atoms with Gasteiger partial charge in [-0.05, 0) is 69.0 Å². The molecule has 2 aromatic rings. The number of likely N-dealkylation sites (tertiary alicyclic amines) is 1. The average Bonchev–Trinajstić information content (AvgIpc) is 3.09. The monoisotopic (exact) mass is 381 g/mol. The summed E-state index contributed by atoms with van der Waals surface area (Å²) in [5.74, 6) is 0. The highest BCUT2D eigenvalue weighted by Gasteiger charge is 2.27. The number of nitrogens with zero attached hydrogens (tertiary/aromatic N) is 3. The van der Waals surface area contributed by atoms with Crippen LogP contribution in [-0.4, -0.2) is 34.8 Å². The van der Waals surface area contributed by atoms with Gasteiger partial charge < -0.3 is 14.2 Å². The summed E-state index contributed by atoms with van der Waals surface area (Å²) >= 11 is 0.